The Morgan fingerprint density at radius 3 is 3.04 bits per heavy atom. The number of hydrogen-bond acceptors (Lipinski definition) is 4. The summed E-state index contributed by atoms with van der Waals surface area (Å²) in [7, 11) is 0. The lowest BCUT2D eigenvalue weighted by Crippen LogP contribution is -2.15. The number of carbonyl (C=O) groups is 2. The zero-order chi connectivity index (χ0) is 16.2. The van der Waals surface area contributed by atoms with Gasteiger partial charge in [-0.25, -0.2) is 0 Å². The van der Waals surface area contributed by atoms with E-state index in [0.29, 0.717) is 30.2 Å². The molecule has 2 amide bonds. The Morgan fingerprint density at radius 1 is 1.35 bits per heavy atom. The first kappa shape index (κ1) is 15.0. The predicted molar refractivity (Wildman–Crippen MR) is 86.5 cm³/mol. The van der Waals surface area contributed by atoms with Crippen molar-refractivity contribution in [2.75, 3.05) is 17.2 Å². The number of rotatable bonds is 3. The van der Waals surface area contributed by atoms with Gasteiger partial charge >= 0.3 is 0 Å². The predicted octanol–water partition coefficient (Wildman–Crippen LogP) is 2.29. The minimum absolute atomic E-state index is 0.0855. The quantitative estimate of drug-likeness (QED) is 0.911. The van der Waals surface area contributed by atoms with E-state index >= 15 is 0 Å². The smallest absolute Gasteiger partial charge is 0.228 e. The van der Waals surface area contributed by atoms with E-state index in [-0.39, 0.29) is 18.2 Å². The number of pyridine rings is 1. The molecule has 1 aromatic heterocycles. The van der Waals surface area contributed by atoms with E-state index < -0.39 is 0 Å². The standard InChI is InChI=1S/C17H17N3O3/c1-11-8-13(4-6-18-11)19-17(22)10-12-2-3-15-14(9-12)20-16(21)5-7-23-15/h2-4,6,8-9H,5,7,10H2,1H3,(H,20,21)(H,18,19,22). The molecule has 1 aromatic carbocycles. The van der Waals surface area contributed by atoms with Crippen LogP contribution in [0.4, 0.5) is 11.4 Å². The maximum absolute atomic E-state index is 12.1. The van der Waals surface area contributed by atoms with Crippen LogP contribution in [0.15, 0.2) is 36.5 Å². The number of amides is 2. The van der Waals surface area contributed by atoms with Crippen LogP contribution in [-0.4, -0.2) is 23.4 Å². The van der Waals surface area contributed by atoms with Gasteiger partial charge in [0, 0.05) is 17.6 Å². The number of anilines is 2. The summed E-state index contributed by atoms with van der Waals surface area (Å²) >= 11 is 0. The molecule has 118 valence electrons. The Kier molecular flexibility index (Phi) is 4.23. The van der Waals surface area contributed by atoms with Gasteiger partial charge in [0.25, 0.3) is 0 Å². The Morgan fingerprint density at radius 2 is 2.22 bits per heavy atom. The fourth-order valence-electron chi connectivity index (χ4n) is 2.39. The van der Waals surface area contributed by atoms with Crippen molar-refractivity contribution in [3.63, 3.8) is 0 Å². The fourth-order valence-corrected chi connectivity index (χ4v) is 2.39. The molecule has 3 rings (SSSR count). The van der Waals surface area contributed by atoms with Gasteiger partial charge in [-0.1, -0.05) is 6.07 Å². The summed E-state index contributed by atoms with van der Waals surface area (Å²) in [5.74, 6) is 0.416. The maximum atomic E-state index is 12.1. The molecule has 0 saturated carbocycles. The lowest BCUT2D eigenvalue weighted by atomic mass is 10.1. The Bertz CT molecular complexity index is 758. The highest BCUT2D eigenvalue weighted by Gasteiger charge is 2.15. The average molecular weight is 311 g/mol. The number of aromatic nitrogens is 1. The van der Waals surface area contributed by atoms with E-state index in [2.05, 4.69) is 15.6 Å². The van der Waals surface area contributed by atoms with Crippen LogP contribution >= 0.6 is 0 Å². The van der Waals surface area contributed by atoms with Gasteiger partial charge in [-0.3, -0.25) is 14.6 Å². The summed E-state index contributed by atoms with van der Waals surface area (Å²) in [4.78, 5) is 27.8. The number of nitrogens with zero attached hydrogens (tertiary/aromatic N) is 1. The molecule has 1 aliphatic heterocycles. The van der Waals surface area contributed by atoms with Gasteiger partial charge in [0.1, 0.15) is 5.75 Å². The third kappa shape index (κ3) is 3.85. The first-order valence-electron chi connectivity index (χ1n) is 7.38. The molecule has 23 heavy (non-hydrogen) atoms. The van der Waals surface area contributed by atoms with Crippen molar-refractivity contribution in [2.45, 2.75) is 19.8 Å². The first-order valence-corrected chi connectivity index (χ1v) is 7.38. The van der Waals surface area contributed by atoms with Gasteiger partial charge in [0.05, 0.1) is 25.1 Å². The Labute approximate surface area is 133 Å². The number of ether oxygens (including phenoxy) is 1. The van der Waals surface area contributed by atoms with Gasteiger partial charge in [0.15, 0.2) is 0 Å². The molecule has 6 nitrogen and oxygen atoms in total. The summed E-state index contributed by atoms with van der Waals surface area (Å²) in [6.45, 7) is 2.23. The second-order valence-corrected chi connectivity index (χ2v) is 5.39. The zero-order valence-corrected chi connectivity index (χ0v) is 12.8. The number of fused-ring (bicyclic) bond motifs is 1. The summed E-state index contributed by atoms with van der Waals surface area (Å²) in [5, 5.41) is 5.62. The normalized spacial score (nSPS) is 13.3. The fraction of sp³-hybridized carbons (Fsp3) is 0.235. The van der Waals surface area contributed by atoms with E-state index in [9.17, 15) is 9.59 Å². The first-order chi connectivity index (χ1) is 11.1. The summed E-state index contributed by atoms with van der Waals surface area (Å²) in [6.07, 6.45) is 2.19. The summed E-state index contributed by atoms with van der Waals surface area (Å²) in [6, 6.07) is 8.93. The number of aryl methyl sites for hydroxylation is 1. The topological polar surface area (TPSA) is 80.3 Å². The van der Waals surface area contributed by atoms with Crippen LogP contribution in [0.2, 0.25) is 0 Å². The van der Waals surface area contributed by atoms with Crippen molar-refractivity contribution < 1.29 is 14.3 Å². The van der Waals surface area contributed by atoms with Crippen LogP contribution in [0.3, 0.4) is 0 Å². The molecule has 2 heterocycles. The third-order valence-electron chi connectivity index (χ3n) is 3.45. The molecule has 6 heteroatoms. The molecule has 0 radical (unpaired) electrons. The van der Waals surface area contributed by atoms with Crippen LogP contribution in [0, 0.1) is 6.92 Å². The minimum Gasteiger partial charge on any atom is -0.491 e. The second kappa shape index (κ2) is 6.48. The monoisotopic (exact) mass is 311 g/mol. The van der Waals surface area contributed by atoms with Crippen LogP contribution in [0.5, 0.6) is 5.75 Å². The number of carbonyl (C=O) groups excluding carboxylic acids is 2. The van der Waals surface area contributed by atoms with Crippen molar-refractivity contribution in [1.82, 2.24) is 4.98 Å². The highest BCUT2D eigenvalue weighted by molar-refractivity contribution is 5.94. The molecule has 0 bridgehead atoms. The van der Waals surface area contributed by atoms with Crippen molar-refractivity contribution >= 4 is 23.2 Å². The van der Waals surface area contributed by atoms with E-state index in [4.69, 9.17) is 4.74 Å². The van der Waals surface area contributed by atoms with Crippen LogP contribution in [0.25, 0.3) is 0 Å². The molecule has 0 saturated heterocycles. The molecule has 0 atom stereocenters. The van der Waals surface area contributed by atoms with Crippen LogP contribution in [-0.2, 0) is 16.0 Å². The van der Waals surface area contributed by atoms with Crippen LogP contribution in [0.1, 0.15) is 17.7 Å². The van der Waals surface area contributed by atoms with E-state index in [1.165, 1.54) is 0 Å². The van der Waals surface area contributed by atoms with Crippen LogP contribution < -0.4 is 15.4 Å². The average Bonchev–Trinajstić information content (AvgIpc) is 2.67. The maximum Gasteiger partial charge on any atom is 0.228 e. The number of benzene rings is 1. The molecular weight excluding hydrogens is 294 g/mol. The highest BCUT2D eigenvalue weighted by Crippen LogP contribution is 2.28. The van der Waals surface area contributed by atoms with Gasteiger partial charge in [0.2, 0.25) is 11.8 Å². The van der Waals surface area contributed by atoms with Gasteiger partial charge in [-0.05, 0) is 36.8 Å². The minimum atomic E-state index is -0.128. The molecule has 0 fully saturated rings. The van der Waals surface area contributed by atoms with E-state index in [1.54, 1.807) is 24.4 Å². The molecule has 0 aliphatic carbocycles. The number of hydrogen-bond donors (Lipinski definition) is 2. The molecule has 0 unspecified atom stereocenters. The SMILES string of the molecule is Cc1cc(NC(=O)Cc2ccc3c(c2)NC(=O)CCO3)ccn1. The van der Waals surface area contributed by atoms with Gasteiger partial charge in [-0.15, -0.1) is 0 Å². The second-order valence-electron chi connectivity index (χ2n) is 5.39. The molecule has 2 aromatic rings. The molecular formula is C17H17N3O3. The third-order valence-corrected chi connectivity index (χ3v) is 3.45. The summed E-state index contributed by atoms with van der Waals surface area (Å²) < 4.78 is 5.50. The Balaban J connectivity index is 1.70. The van der Waals surface area contributed by atoms with E-state index in [1.807, 2.05) is 19.1 Å². The van der Waals surface area contributed by atoms with Crippen molar-refractivity contribution in [3.8, 4) is 5.75 Å². The number of nitrogens with one attached hydrogen (secondary N) is 2. The molecule has 2 N–H and O–H groups in total. The van der Waals surface area contributed by atoms with E-state index in [0.717, 1.165) is 11.3 Å². The van der Waals surface area contributed by atoms with Crippen molar-refractivity contribution in [3.05, 3.63) is 47.8 Å². The van der Waals surface area contributed by atoms with Gasteiger partial charge in [-0.2, -0.15) is 0 Å². The highest BCUT2D eigenvalue weighted by atomic mass is 16.5. The van der Waals surface area contributed by atoms with Crippen molar-refractivity contribution in [1.29, 1.82) is 0 Å². The lowest BCUT2D eigenvalue weighted by molar-refractivity contribution is -0.116. The molecule has 1 aliphatic rings. The van der Waals surface area contributed by atoms with Gasteiger partial charge < -0.3 is 15.4 Å². The molecule has 0 spiro atoms. The summed E-state index contributed by atoms with van der Waals surface area (Å²) in [5.41, 5.74) is 2.97. The lowest BCUT2D eigenvalue weighted by Gasteiger charge is -2.10. The van der Waals surface area contributed by atoms with Crippen molar-refractivity contribution in [2.24, 2.45) is 0 Å². The largest absolute Gasteiger partial charge is 0.491 e. The zero-order valence-electron chi connectivity index (χ0n) is 12.8. The Hall–Kier alpha value is -2.89.